The lowest BCUT2D eigenvalue weighted by molar-refractivity contribution is -0.114. The van der Waals surface area contributed by atoms with Crippen LogP contribution in [0.25, 0.3) is 0 Å². The summed E-state index contributed by atoms with van der Waals surface area (Å²) in [5.41, 5.74) is 1.09. The number of hydrogen-bond donors (Lipinski definition) is 2. The van der Waals surface area contributed by atoms with Crippen LogP contribution < -0.4 is 0 Å². The highest BCUT2D eigenvalue weighted by molar-refractivity contribution is 8.87. The molecule has 1 aromatic rings. The predicted molar refractivity (Wildman–Crippen MR) is 105 cm³/mol. The van der Waals surface area contributed by atoms with Crippen molar-refractivity contribution in [3.05, 3.63) is 12.2 Å². The summed E-state index contributed by atoms with van der Waals surface area (Å²) >= 11 is 5.27. The van der Waals surface area contributed by atoms with E-state index in [1.807, 2.05) is 6.92 Å². The van der Waals surface area contributed by atoms with Crippen LogP contribution in [-0.2, 0) is 4.79 Å². The largest absolute Gasteiger partial charge is 0.299 e. The number of carbonyl (C=O) groups excluding carboxylic acids is 1. The van der Waals surface area contributed by atoms with Gasteiger partial charge in [-0.05, 0) is 47.2 Å². The van der Waals surface area contributed by atoms with Crippen molar-refractivity contribution < 1.29 is 4.79 Å². The molecule has 0 aliphatic heterocycles. The monoisotopic (exact) mass is 410 g/mol. The minimum absolute atomic E-state index is 0.0255. The average molecular weight is 411 g/mol. The lowest BCUT2D eigenvalue weighted by atomic mass is 10.4. The van der Waals surface area contributed by atoms with Gasteiger partial charge in [0.2, 0.25) is 0 Å². The molecule has 22 heavy (non-hydrogen) atoms. The summed E-state index contributed by atoms with van der Waals surface area (Å²) in [7, 11) is 2.59. The fraction of sp³-hybridized carbons (Fsp3) is 0.364. The molecule has 1 heterocycles. The molecule has 5 nitrogen and oxygen atoms in total. The molecule has 0 bridgehead atoms. The Kier molecular flexibility index (Phi) is 9.84. The average Bonchev–Trinajstić information content (AvgIpc) is 2.88. The van der Waals surface area contributed by atoms with Crippen LogP contribution in [0, 0.1) is 10.8 Å². The fourth-order valence-corrected chi connectivity index (χ4v) is 6.50. The van der Waals surface area contributed by atoms with Crippen molar-refractivity contribution in [1.29, 1.82) is 10.8 Å². The molecule has 0 aliphatic rings. The second-order valence-corrected chi connectivity index (χ2v) is 11.0. The molecular weight excluding hydrogens is 397 g/mol. The summed E-state index contributed by atoms with van der Waals surface area (Å²) in [6.45, 7) is 7.30. The van der Waals surface area contributed by atoms with Gasteiger partial charge in [-0.3, -0.25) is 15.6 Å². The molecule has 0 saturated carbocycles. The number of nitrogens with one attached hydrogen (secondary N) is 2. The van der Waals surface area contributed by atoms with Crippen molar-refractivity contribution in [2.45, 2.75) is 22.5 Å². The number of thioether (sulfide) groups is 3. The molecule has 1 aromatic heterocycles. The van der Waals surface area contributed by atoms with Crippen molar-refractivity contribution in [2.75, 3.05) is 11.5 Å². The van der Waals surface area contributed by atoms with Gasteiger partial charge in [-0.2, -0.15) is 0 Å². The van der Waals surface area contributed by atoms with Crippen LogP contribution in [0.1, 0.15) is 13.8 Å². The Hall–Kier alpha value is 0.0600. The molecule has 120 valence electrons. The Bertz CT molecular complexity index is 573. The number of nitrogens with zero attached hydrogens (tertiary/aromatic N) is 2. The zero-order valence-electron chi connectivity index (χ0n) is 11.9. The molecule has 0 radical (unpaired) electrons. The molecule has 0 saturated heterocycles. The second-order valence-electron chi connectivity index (χ2n) is 3.91. The van der Waals surface area contributed by atoms with Crippen LogP contribution in [0.3, 0.4) is 0 Å². The SMILES string of the molecule is C=C(C)CSc1nnc(SSC(=N)SC(=N)SCC(C)=O)s1. The fourth-order valence-electron chi connectivity index (χ4n) is 0.845. The zero-order valence-corrected chi connectivity index (χ0v) is 16.8. The lowest BCUT2D eigenvalue weighted by Gasteiger charge is -2.01. The van der Waals surface area contributed by atoms with E-state index >= 15 is 0 Å². The van der Waals surface area contributed by atoms with Gasteiger partial charge in [-0.25, -0.2) is 0 Å². The van der Waals surface area contributed by atoms with Gasteiger partial charge >= 0.3 is 0 Å². The smallest absolute Gasteiger partial charge is 0.186 e. The first-order chi connectivity index (χ1) is 10.4. The second kappa shape index (κ2) is 10.8. The van der Waals surface area contributed by atoms with Crippen molar-refractivity contribution >= 4 is 82.7 Å². The predicted octanol–water partition coefficient (Wildman–Crippen LogP) is 4.87. The van der Waals surface area contributed by atoms with Crippen molar-refractivity contribution in [1.82, 2.24) is 10.2 Å². The molecule has 0 atom stereocenters. The number of rotatable bonds is 7. The number of aromatic nitrogens is 2. The maximum absolute atomic E-state index is 10.8. The van der Waals surface area contributed by atoms with E-state index in [1.54, 1.807) is 11.8 Å². The Morgan fingerprint density at radius 1 is 1.18 bits per heavy atom. The van der Waals surface area contributed by atoms with Gasteiger partial charge in [0, 0.05) is 5.75 Å². The standard InChI is InChI=1S/C11H14N4OS6/c1-6(2)4-18-10-14-15-11(20-10)22-21-9(13)19-8(12)17-5-7(3)16/h12-13H,1,4-5H2,2-3H3. The van der Waals surface area contributed by atoms with Gasteiger partial charge < -0.3 is 0 Å². The van der Waals surface area contributed by atoms with Crippen LogP contribution in [0.2, 0.25) is 0 Å². The first-order valence-corrected chi connectivity index (χ1v) is 11.5. The Morgan fingerprint density at radius 3 is 2.50 bits per heavy atom. The van der Waals surface area contributed by atoms with E-state index < -0.39 is 0 Å². The summed E-state index contributed by atoms with van der Waals surface area (Å²) < 4.78 is 2.21. The molecule has 0 amide bonds. The van der Waals surface area contributed by atoms with E-state index in [0.29, 0.717) is 0 Å². The van der Waals surface area contributed by atoms with Crippen molar-refractivity contribution in [2.24, 2.45) is 0 Å². The van der Waals surface area contributed by atoms with Crippen molar-refractivity contribution in [3.8, 4) is 0 Å². The van der Waals surface area contributed by atoms with Crippen LogP contribution in [0.15, 0.2) is 20.8 Å². The summed E-state index contributed by atoms with van der Waals surface area (Å²) in [4.78, 5) is 10.8. The van der Waals surface area contributed by atoms with E-state index in [4.69, 9.17) is 10.8 Å². The number of ketones is 1. The molecule has 0 aromatic carbocycles. The highest BCUT2D eigenvalue weighted by atomic mass is 33.1. The zero-order chi connectivity index (χ0) is 16.5. The van der Waals surface area contributed by atoms with E-state index in [9.17, 15) is 4.79 Å². The molecule has 0 aliphatic carbocycles. The third-order valence-electron chi connectivity index (χ3n) is 1.61. The first-order valence-electron chi connectivity index (χ1n) is 5.79. The van der Waals surface area contributed by atoms with Crippen molar-refractivity contribution in [3.63, 3.8) is 0 Å². The minimum Gasteiger partial charge on any atom is -0.299 e. The summed E-state index contributed by atoms with van der Waals surface area (Å²) in [6, 6.07) is 0. The highest BCUT2D eigenvalue weighted by Crippen LogP contribution is 2.39. The topological polar surface area (TPSA) is 90.6 Å². The first kappa shape index (κ1) is 20.1. The van der Waals surface area contributed by atoms with Crippen LogP contribution in [0.4, 0.5) is 0 Å². The Morgan fingerprint density at radius 2 is 1.86 bits per heavy atom. The molecule has 0 spiro atoms. The molecule has 2 N–H and O–H groups in total. The quantitative estimate of drug-likeness (QED) is 0.216. The van der Waals surface area contributed by atoms with Crippen LogP contribution in [0.5, 0.6) is 0 Å². The number of Topliss-reactive ketones (excluding diaryl/α,β-unsaturated/α-hetero) is 1. The molecule has 11 heteroatoms. The maximum Gasteiger partial charge on any atom is 0.186 e. The van der Waals surface area contributed by atoms with Gasteiger partial charge in [-0.15, -0.1) is 10.2 Å². The summed E-state index contributed by atoms with van der Waals surface area (Å²) in [5.74, 6) is 1.12. The van der Waals surface area contributed by atoms with E-state index in [1.165, 1.54) is 39.8 Å². The van der Waals surface area contributed by atoms with Gasteiger partial charge in [0.1, 0.15) is 14.5 Å². The lowest BCUT2D eigenvalue weighted by Crippen LogP contribution is -1.97. The van der Waals surface area contributed by atoms with Gasteiger partial charge in [-0.1, -0.05) is 47.0 Å². The Labute approximate surface area is 154 Å². The Balaban J connectivity index is 2.30. The van der Waals surface area contributed by atoms with Gasteiger partial charge in [0.05, 0.1) is 5.75 Å². The van der Waals surface area contributed by atoms with E-state index in [-0.39, 0.29) is 20.3 Å². The number of carbonyl (C=O) groups is 1. The summed E-state index contributed by atoms with van der Waals surface area (Å²) in [6.07, 6.45) is 0. The van der Waals surface area contributed by atoms with Gasteiger partial charge in [0.25, 0.3) is 0 Å². The van der Waals surface area contributed by atoms with Gasteiger partial charge in [0.15, 0.2) is 8.68 Å². The third-order valence-corrected chi connectivity index (χ3v) is 8.80. The third kappa shape index (κ3) is 9.26. The van der Waals surface area contributed by atoms with E-state index in [0.717, 1.165) is 43.5 Å². The molecule has 1 rings (SSSR count). The normalized spacial score (nSPS) is 10.5. The maximum atomic E-state index is 10.8. The molecule has 0 fully saturated rings. The number of hydrogen-bond acceptors (Lipinski definition) is 11. The van der Waals surface area contributed by atoms with Crippen LogP contribution >= 0.6 is 68.2 Å². The van der Waals surface area contributed by atoms with Crippen LogP contribution in [-0.4, -0.2) is 36.2 Å². The highest BCUT2D eigenvalue weighted by Gasteiger charge is 2.11. The molecule has 0 unspecified atom stereocenters. The summed E-state index contributed by atoms with van der Waals surface area (Å²) in [5, 5.41) is 23.6. The molecular formula is C11H14N4OS6. The van der Waals surface area contributed by atoms with E-state index in [2.05, 4.69) is 16.8 Å². The minimum atomic E-state index is 0.0255.